The van der Waals surface area contributed by atoms with Crippen molar-refractivity contribution in [3.8, 4) is 11.6 Å². The molecule has 0 saturated heterocycles. The number of rotatable bonds is 6. The summed E-state index contributed by atoms with van der Waals surface area (Å²) in [6.45, 7) is 1.32. The predicted molar refractivity (Wildman–Crippen MR) is 81.4 cm³/mol. The van der Waals surface area contributed by atoms with Crippen molar-refractivity contribution in [2.75, 3.05) is 19.0 Å². The normalized spacial score (nSPS) is 9.91. The van der Waals surface area contributed by atoms with Gasteiger partial charge in [0, 0.05) is 11.6 Å². The molecule has 0 unspecified atom stereocenters. The number of ketones is 1. The van der Waals surface area contributed by atoms with E-state index in [1.54, 1.807) is 36.4 Å². The van der Waals surface area contributed by atoms with Gasteiger partial charge in [-0.2, -0.15) is 0 Å². The fraction of sp³-hybridized carbons (Fsp3) is 0.188. The van der Waals surface area contributed by atoms with Gasteiger partial charge in [0.25, 0.3) is 5.91 Å². The number of Topliss-reactive ketones (excluding diaryl/α,β-unsaturated/α-hetero) is 1. The lowest BCUT2D eigenvalue weighted by molar-refractivity contribution is -0.118. The van der Waals surface area contributed by atoms with Gasteiger partial charge in [-0.25, -0.2) is 4.98 Å². The number of pyridine rings is 1. The van der Waals surface area contributed by atoms with E-state index in [4.69, 9.17) is 9.47 Å². The molecule has 1 heterocycles. The molecule has 1 aromatic heterocycles. The van der Waals surface area contributed by atoms with E-state index in [0.717, 1.165) is 0 Å². The molecule has 0 spiro atoms. The maximum Gasteiger partial charge on any atom is 0.262 e. The van der Waals surface area contributed by atoms with Gasteiger partial charge >= 0.3 is 0 Å². The number of nitrogens with one attached hydrogen (secondary N) is 1. The first-order chi connectivity index (χ1) is 10.6. The van der Waals surface area contributed by atoms with Gasteiger partial charge in [0.15, 0.2) is 12.4 Å². The highest BCUT2D eigenvalue weighted by molar-refractivity contribution is 5.94. The molecule has 0 bridgehead atoms. The molecule has 0 radical (unpaired) electrons. The van der Waals surface area contributed by atoms with E-state index in [2.05, 4.69) is 10.3 Å². The van der Waals surface area contributed by atoms with Crippen LogP contribution in [0.15, 0.2) is 42.6 Å². The van der Waals surface area contributed by atoms with E-state index >= 15 is 0 Å². The Morgan fingerprint density at radius 1 is 1.23 bits per heavy atom. The van der Waals surface area contributed by atoms with Gasteiger partial charge in [-0.05, 0) is 25.1 Å². The van der Waals surface area contributed by atoms with Gasteiger partial charge in [-0.1, -0.05) is 12.1 Å². The van der Waals surface area contributed by atoms with Gasteiger partial charge < -0.3 is 14.8 Å². The van der Waals surface area contributed by atoms with Crippen molar-refractivity contribution in [1.82, 2.24) is 4.98 Å². The Kier molecular flexibility index (Phi) is 5.08. The topological polar surface area (TPSA) is 77.5 Å². The Hall–Kier alpha value is -2.89. The Labute approximate surface area is 128 Å². The number of hydrogen-bond acceptors (Lipinski definition) is 5. The Bertz CT molecular complexity index is 668. The minimum atomic E-state index is -0.319. The third kappa shape index (κ3) is 4.31. The van der Waals surface area contributed by atoms with Crippen LogP contribution in [0.1, 0.15) is 17.3 Å². The van der Waals surface area contributed by atoms with Crippen LogP contribution in [0, 0.1) is 0 Å². The maximum atomic E-state index is 11.8. The fourth-order valence-electron chi connectivity index (χ4n) is 1.73. The Morgan fingerprint density at radius 3 is 2.68 bits per heavy atom. The van der Waals surface area contributed by atoms with E-state index in [0.29, 0.717) is 22.9 Å². The highest BCUT2D eigenvalue weighted by atomic mass is 16.5. The summed E-state index contributed by atoms with van der Waals surface area (Å²) in [5.41, 5.74) is 1.09. The van der Waals surface area contributed by atoms with Crippen LogP contribution in [0.3, 0.4) is 0 Å². The molecule has 1 amide bonds. The van der Waals surface area contributed by atoms with Crippen LogP contribution in [-0.4, -0.2) is 30.4 Å². The quantitative estimate of drug-likeness (QED) is 0.828. The first-order valence-corrected chi connectivity index (χ1v) is 6.62. The first-order valence-electron chi connectivity index (χ1n) is 6.62. The minimum Gasteiger partial charge on any atom is -0.484 e. The molecule has 2 aromatic rings. The van der Waals surface area contributed by atoms with Crippen molar-refractivity contribution in [3.05, 3.63) is 48.2 Å². The summed E-state index contributed by atoms with van der Waals surface area (Å²) < 4.78 is 10.3. The van der Waals surface area contributed by atoms with Crippen LogP contribution in [0.4, 0.5) is 5.69 Å². The second-order valence-corrected chi connectivity index (χ2v) is 4.51. The summed E-state index contributed by atoms with van der Waals surface area (Å²) >= 11 is 0. The molecule has 22 heavy (non-hydrogen) atoms. The molecule has 6 nitrogen and oxygen atoms in total. The van der Waals surface area contributed by atoms with Gasteiger partial charge in [-0.15, -0.1) is 0 Å². The predicted octanol–water partition coefficient (Wildman–Crippen LogP) is 2.31. The van der Waals surface area contributed by atoms with Crippen LogP contribution in [0.5, 0.6) is 11.6 Å². The van der Waals surface area contributed by atoms with E-state index in [-0.39, 0.29) is 18.3 Å². The maximum absolute atomic E-state index is 11.8. The molecule has 0 aliphatic rings. The van der Waals surface area contributed by atoms with E-state index in [9.17, 15) is 9.59 Å². The van der Waals surface area contributed by atoms with Gasteiger partial charge in [0.05, 0.1) is 19.0 Å². The van der Waals surface area contributed by atoms with Crippen molar-refractivity contribution < 1.29 is 19.1 Å². The summed E-state index contributed by atoms with van der Waals surface area (Å²) in [5, 5.41) is 2.65. The number of hydrogen-bond donors (Lipinski definition) is 1. The molecular weight excluding hydrogens is 284 g/mol. The average molecular weight is 300 g/mol. The molecule has 1 N–H and O–H groups in total. The molecule has 0 fully saturated rings. The fourth-order valence-corrected chi connectivity index (χ4v) is 1.73. The summed E-state index contributed by atoms with van der Waals surface area (Å²) in [6.07, 6.45) is 1.49. The van der Waals surface area contributed by atoms with Crippen molar-refractivity contribution in [1.29, 1.82) is 0 Å². The van der Waals surface area contributed by atoms with E-state index in [1.807, 2.05) is 0 Å². The number of carbonyl (C=O) groups is 2. The second-order valence-electron chi connectivity index (χ2n) is 4.51. The number of anilines is 1. The monoisotopic (exact) mass is 300 g/mol. The lowest BCUT2D eigenvalue weighted by atomic mass is 10.1. The van der Waals surface area contributed by atoms with Crippen molar-refractivity contribution in [3.63, 3.8) is 0 Å². The van der Waals surface area contributed by atoms with Crippen molar-refractivity contribution in [2.24, 2.45) is 0 Å². The van der Waals surface area contributed by atoms with Crippen LogP contribution in [0.2, 0.25) is 0 Å². The highest BCUT2D eigenvalue weighted by Crippen LogP contribution is 2.14. The number of aromatic nitrogens is 1. The first kappa shape index (κ1) is 15.5. The highest BCUT2D eigenvalue weighted by Gasteiger charge is 2.06. The molecular formula is C16H16N2O4. The van der Waals surface area contributed by atoms with Crippen LogP contribution in [-0.2, 0) is 4.79 Å². The Morgan fingerprint density at radius 2 is 2.05 bits per heavy atom. The molecule has 114 valence electrons. The zero-order chi connectivity index (χ0) is 15.9. The van der Waals surface area contributed by atoms with Crippen LogP contribution >= 0.6 is 0 Å². The summed E-state index contributed by atoms with van der Waals surface area (Å²) in [6, 6.07) is 10.0. The zero-order valence-corrected chi connectivity index (χ0v) is 12.3. The number of benzene rings is 1. The zero-order valence-electron chi connectivity index (χ0n) is 12.3. The third-order valence-corrected chi connectivity index (χ3v) is 2.84. The summed E-state index contributed by atoms with van der Waals surface area (Å²) in [4.78, 5) is 27.1. The van der Waals surface area contributed by atoms with Gasteiger partial charge in [0.2, 0.25) is 5.88 Å². The number of carbonyl (C=O) groups excluding carboxylic acids is 2. The molecule has 1 aromatic carbocycles. The van der Waals surface area contributed by atoms with Gasteiger partial charge in [0.1, 0.15) is 5.75 Å². The van der Waals surface area contributed by atoms with Crippen LogP contribution < -0.4 is 14.8 Å². The second kappa shape index (κ2) is 7.21. The summed E-state index contributed by atoms with van der Waals surface area (Å²) in [7, 11) is 1.52. The number of methoxy groups -OCH3 is 1. The lowest BCUT2D eigenvalue weighted by Gasteiger charge is -2.08. The largest absolute Gasteiger partial charge is 0.484 e. The van der Waals surface area contributed by atoms with Crippen molar-refractivity contribution in [2.45, 2.75) is 6.92 Å². The van der Waals surface area contributed by atoms with E-state index < -0.39 is 0 Å². The molecule has 0 aliphatic heterocycles. The molecule has 0 aliphatic carbocycles. The molecule has 6 heteroatoms. The van der Waals surface area contributed by atoms with Crippen molar-refractivity contribution >= 4 is 17.4 Å². The minimum absolute atomic E-state index is 0.0563. The van der Waals surface area contributed by atoms with Gasteiger partial charge in [-0.3, -0.25) is 9.59 Å². The Balaban J connectivity index is 1.89. The lowest BCUT2D eigenvalue weighted by Crippen LogP contribution is -2.20. The molecule has 2 rings (SSSR count). The molecule has 0 atom stereocenters. The summed E-state index contributed by atoms with van der Waals surface area (Å²) in [5.74, 6) is 0.561. The van der Waals surface area contributed by atoms with E-state index in [1.165, 1.54) is 20.2 Å². The molecule has 0 saturated carbocycles. The average Bonchev–Trinajstić information content (AvgIpc) is 2.54. The standard InChI is InChI=1S/C16H16N2O4/c1-11(19)12-4-3-5-14(8-12)22-10-15(20)18-13-6-7-16(21-2)17-9-13/h3-9H,10H2,1-2H3,(H,18,20). The number of amides is 1. The SMILES string of the molecule is COc1ccc(NC(=O)COc2cccc(C(C)=O)c2)cn1. The number of ether oxygens (including phenoxy) is 2. The number of nitrogens with zero attached hydrogens (tertiary/aromatic N) is 1. The third-order valence-electron chi connectivity index (χ3n) is 2.84. The smallest absolute Gasteiger partial charge is 0.262 e. The van der Waals surface area contributed by atoms with Crippen LogP contribution in [0.25, 0.3) is 0 Å².